The van der Waals surface area contributed by atoms with Crippen LogP contribution >= 0.6 is 0 Å². The van der Waals surface area contributed by atoms with Gasteiger partial charge in [0, 0.05) is 12.1 Å². The Morgan fingerprint density at radius 1 is 0.889 bits per heavy atom. The third-order valence-corrected chi connectivity index (χ3v) is 2.92. The molecule has 0 atom stereocenters. The molecule has 0 spiro atoms. The molecule has 0 radical (unpaired) electrons. The molecule has 1 aliphatic rings. The van der Waals surface area contributed by atoms with Crippen molar-refractivity contribution in [2.24, 2.45) is 0 Å². The number of rotatable bonds is 4. The predicted molar refractivity (Wildman–Crippen MR) is 66.4 cm³/mol. The third kappa shape index (κ3) is 5.25. The Labute approximate surface area is 107 Å². The smallest absolute Gasteiger partial charge is 0.407 e. The van der Waals surface area contributed by atoms with Crippen molar-refractivity contribution in [3.05, 3.63) is 0 Å². The van der Waals surface area contributed by atoms with Gasteiger partial charge in [-0.15, -0.1) is 0 Å². The van der Waals surface area contributed by atoms with Crippen LogP contribution in [-0.2, 0) is 9.47 Å². The van der Waals surface area contributed by atoms with Gasteiger partial charge in [-0.3, -0.25) is 0 Å². The molecule has 2 N–H and O–H groups in total. The van der Waals surface area contributed by atoms with Crippen LogP contribution in [0.15, 0.2) is 0 Å². The first-order valence-electron chi connectivity index (χ1n) is 6.52. The van der Waals surface area contributed by atoms with Crippen LogP contribution in [0.2, 0.25) is 0 Å². The van der Waals surface area contributed by atoms with E-state index in [0.29, 0.717) is 13.2 Å². The van der Waals surface area contributed by atoms with Crippen LogP contribution in [-0.4, -0.2) is 37.5 Å². The SMILES string of the molecule is CCOC(=O)NC1CCC(NC(=O)OCC)CC1. The summed E-state index contributed by atoms with van der Waals surface area (Å²) < 4.78 is 9.66. The maximum Gasteiger partial charge on any atom is 0.407 e. The van der Waals surface area contributed by atoms with Gasteiger partial charge in [0.15, 0.2) is 0 Å². The van der Waals surface area contributed by atoms with Gasteiger partial charge in [0.05, 0.1) is 13.2 Å². The van der Waals surface area contributed by atoms with E-state index in [4.69, 9.17) is 9.47 Å². The molecule has 1 saturated carbocycles. The minimum atomic E-state index is -0.362. The normalized spacial score (nSPS) is 23.0. The Bertz CT molecular complexity index is 247. The second kappa shape index (κ2) is 7.79. The number of amides is 2. The Morgan fingerprint density at radius 2 is 1.22 bits per heavy atom. The van der Waals surface area contributed by atoms with Crippen LogP contribution in [0.25, 0.3) is 0 Å². The lowest BCUT2D eigenvalue weighted by Gasteiger charge is -2.29. The molecule has 0 bridgehead atoms. The summed E-state index contributed by atoms with van der Waals surface area (Å²) in [5, 5.41) is 5.63. The van der Waals surface area contributed by atoms with Gasteiger partial charge >= 0.3 is 12.2 Å². The van der Waals surface area contributed by atoms with E-state index in [0.717, 1.165) is 25.7 Å². The molecule has 0 unspecified atom stereocenters. The van der Waals surface area contributed by atoms with Crippen molar-refractivity contribution in [1.29, 1.82) is 0 Å². The molecule has 6 nitrogen and oxygen atoms in total. The largest absolute Gasteiger partial charge is 0.450 e. The molecule has 18 heavy (non-hydrogen) atoms. The summed E-state index contributed by atoms with van der Waals surface area (Å²) in [4.78, 5) is 22.5. The Balaban J connectivity index is 2.20. The first-order valence-corrected chi connectivity index (χ1v) is 6.52. The Kier molecular flexibility index (Phi) is 6.32. The summed E-state index contributed by atoms with van der Waals surface area (Å²) in [6.07, 6.45) is 2.65. The van der Waals surface area contributed by atoms with Gasteiger partial charge in [-0.05, 0) is 39.5 Å². The highest BCUT2D eigenvalue weighted by Crippen LogP contribution is 2.18. The second-order valence-corrected chi connectivity index (χ2v) is 4.28. The van der Waals surface area contributed by atoms with Crippen molar-refractivity contribution < 1.29 is 19.1 Å². The monoisotopic (exact) mass is 258 g/mol. The highest BCUT2D eigenvalue weighted by Gasteiger charge is 2.23. The molecule has 104 valence electrons. The van der Waals surface area contributed by atoms with Crippen molar-refractivity contribution in [1.82, 2.24) is 10.6 Å². The molecule has 1 fully saturated rings. The molecule has 2 amide bonds. The van der Waals surface area contributed by atoms with Crippen molar-refractivity contribution in [2.75, 3.05) is 13.2 Å². The Morgan fingerprint density at radius 3 is 1.50 bits per heavy atom. The van der Waals surface area contributed by atoms with Crippen LogP contribution in [0.3, 0.4) is 0 Å². The number of ether oxygens (including phenoxy) is 2. The fraction of sp³-hybridized carbons (Fsp3) is 0.833. The van der Waals surface area contributed by atoms with Crippen LogP contribution in [0, 0.1) is 0 Å². The molecule has 0 heterocycles. The van der Waals surface area contributed by atoms with E-state index in [1.807, 2.05) is 0 Å². The first kappa shape index (κ1) is 14.6. The maximum absolute atomic E-state index is 11.2. The van der Waals surface area contributed by atoms with Gasteiger partial charge in [0.2, 0.25) is 0 Å². The zero-order chi connectivity index (χ0) is 13.4. The van der Waals surface area contributed by atoms with E-state index in [-0.39, 0.29) is 24.3 Å². The topological polar surface area (TPSA) is 76.7 Å². The molecule has 0 aliphatic heterocycles. The van der Waals surface area contributed by atoms with Gasteiger partial charge < -0.3 is 20.1 Å². The number of hydrogen-bond acceptors (Lipinski definition) is 4. The van der Waals surface area contributed by atoms with E-state index in [1.165, 1.54) is 0 Å². The number of hydrogen-bond donors (Lipinski definition) is 2. The minimum Gasteiger partial charge on any atom is -0.450 e. The molecule has 0 saturated heterocycles. The fourth-order valence-electron chi connectivity index (χ4n) is 2.06. The van der Waals surface area contributed by atoms with Crippen molar-refractivity contribution in [3.63, 3.8) is 0 Å². The molecular formula is C12H22N2O4. The van der Waals surface area contributed by atoms with E-state index < -0.39 is 0 Å². The maximum atomic E-state index is 11.2. The molecule has 0 aromatic carbocycles. The molecule has 1 rings (SSSR count). The molecule has 6 heteroatoms. The first-order chi connectivity index (χ1) is 8.65. The lowest BCUT2D eigenvalue weighted by Crippen LogP contribution is -2.44. The van der Waals surface area contributed by atoms with Crippen LogP contribution < -0.4 is 10.6 Å². The minimum absolute atomic E-state index is 0.143. The average molecular weight is 258 g/mol. The van der Waals surface area contributed by atoms with E-state index in [9.17, 15) is 9.59 Å². The number of alkyl carbamates (subject to hydrolysis) is 2. The standard InChI is InChI=1S/C12H22N2O4/c1-3-17-11(15)13-9-5-7-10(8-6-9)14-12(16)18-4-2/h9-10H,3-8H2,1-2H3,(H,13,15)(H,14,16). The number of carbonyl (C=O) groups is 2. The van der Waals surface area contributed by atoms with Crippen LogP contribution in [0.5, 0.6) is 0 Å². The van der Waals surface area contributed by atoms with Crippen molar-refractivity contribution >= 4 is 12.2 Å². The summed E-state index contributed by atoms with van der Waals surface area (Å²) in [7, 11) is 0. The summed E-state index contributed by atoms with van der Waals surface area (Å²) in [6, 6.07) is 0.286. The summed E-state index contributed by atoms with van der Waals surface area (Å²) in [5.74, 6) is 0. The number of nitrogens with one attached hydrogen (secondary N) is 2. The van der Waals surface area contributed by atoms with Crippen molar-refractivity contribution in [3.8, 4) is 0 Å². The highest BCUT2D eigenvalue weighted by atomic mass is 16.6. The van der Waals surface area contributed by atoms with Crippen LogP contribution in [0.1, 0.15) is 39.5 Å². The van der Waals surface area contributed by atoms with Gasteiger partial charge in [0.1, 0.15) is 0 Å². The van der Waals surface area contributed by atoms with E-state index in [2.05, 4.69) is 10.6 Å². The van der Waals surface area contributed by atoms with Gasteiger partial charge in [-0.25, -0.2) is 9.59 Å². The summed E-state index contributed by atoms with van der Waals surface area (Å²) in [5.41, 5.74) is 0. The number of carbonyl (C=O) groups excluding carboxylic acids is 2. The van der Waals surface area contributed by atoms with Gasteiger partial charge in [-0.2, -0.15) is 0 Å². The van der Waals surface area contributed by atoms with Crippen molar-refractivity contribution in [2.45, 2.75) is 51.6 Å². The van der Waals surface area contributed by atoms with E-state index >= 15 is 0 Å². The quantitative estimate of drug-likeness (QED) is 0.806. The summed E-state index contributed by atoms with van der Waals surface area (Å²) >= 11 is 0. The van der Waals surface area contributed by atoms with Crippen LogP contribution in [0.4, 0.5) is 9.59 Å². The molecule has 0 aromatic heterocycles. The average Bonchev–Trinajstić information content (AvgIpc) is 2.32. The van der Waals surface area contributed by atoms with E-state index in [1.54, 1.807) is 13.8 Å². The zero-order valence-corrected chi connectivity index (χ0v) is 11.0. The molecule has 1 aliphatic carbocycles. The summed E-state index contributed by atoms with van der Waals surface area (Å²) in [6.45, 7) is 4.32. The fourth-order valence-corrected chi connectivity index (χ4v) is 2.06. The molecule has 0 aromatic rings. The Hall–Kier alpha value is -1.46. The molecular weight excluding hydrogens is 236 g/mol. The predicted octanol–water partition coefficient (Wildman–Crippen LogP) is 1.79. The second-order valence-electron chi connectivity index (χ2n) is 4.28. The zero-order valence-electron chi connectivity index (χ0n) is 11.0. The lowest BCUT2D eigenvalue weighted by atomic mass is 9.91. The highest BCUT2D eigenvalue weighted by molar-refractivity contribution is 5.68. The lowest BCUT2D eigenvalue weighted by molar-refractivity contribution is 0.136. The third-order valence-electron chi connectivity index (χ3n) is 2.92. The van der Waals surface area contributed by atoms with Gasteiger partial charge in [0.25, 0.3) is 0 Å². The van der Waals surface area contributed by atoms with Gasteiger partial charge in [-0.1, -0.05) is 0 Å².